The molecule has 0 radical (unpaired) electrons. The van der Waals surface area contributed by atoms with Gasteiger partial charge in [-0.05, 0) is 79.8 Å². The van der Waals surface area contributed by atoms with Gasteiger partial charge in [0.25, 0.3) is 0 Å². The van der Waals surface area contributed by atoms with Crippen LogP contribution in [0, 0.1) is 24.6 Å². The molecule has 7 heteroatoms. The van der Waals surface area contributed by atoms with Gasteiger partial charge in [-0.3, -0.25) is 0 Å². The van der Waals surface area contributed by atoms with E-state index in [1.807, 2.05) is 31.2 Å². The number of hydrogen-bond donors (Lipinski definition) is 4. The van der Waals surface area contributed by atoms with Crippen molar-refractivity contribution in [1.82, 2.24) is 16.0 Å². The molecule has 1 aliphatic rings. The van der Waals surface area contributed by atoms with Gasteiger partial charge in [0, 0.05) is 25.3 Å². The molecule has 2 aromatic rings. The van der Waals surface area contributed by atoms with E-state index >= 15 is 0 Å². The largest absolute Gasteiger partial charge is 0.338 e. The highest BCUT2D eigenvalue weighted by molar-refractivity contribution is 5.89. The van der Waals surface area contributed by atoms with Gasteiger partial charge >= 0.3 is 12.1 Å². The molecule has 1 fully saturated rings. The predicted octanol–water partition coefficient (Wildman–Crippen LogP) is 4.56. The lowest BCUT2D eigenvalue weighted by Gasteiger charge is -2.28. The van der Waals surface area contributed by atoms with Crippen LogP contribution in [0.15, 0.2) is 48.5 Å². The molecule has 0 spiro atoms. The Bertz CT molecular complexity index is 864. The Morgan fingerprint density at radius 2 is 1.48 bits per heavy atom. The lowest BCUT2D eigenvalue weighted by atomic mass is 9.82. The molecular formula is C24H31FN4O2. The average Bonchev–Trinajstić information content (AvgIpc) is 2.76. The number of rotatable bonds is 7. The Morgan fingerprint density at radius 1 is 0.871 bits per heavy atom. The van der Waals surface area contributed by atoms with Gasteiger partial charge in [0.2, 0.25) is 0 Å². The number of urea groups is 2. The van der Waals surface area contributed by atoms with E-state index in [4.69, 9.17) is 0 Å². The second kappa shape index (κ2) is 11.3. The monoisotopic (exact) mass is 426 g/mol. The molecule has 0 aromatic heterocycles. The van der Waals surface area contributed by atoms with E-state index < -0.39 is 0 Å². The molecular weight excluding hydrogens is 395 g/mol. The highest BCUT2D eigenvalue weighted by Gasteiger charge is 2.22. The Labute approximate surface area is 183 Å². The van der Waals surface area contributed by atoms with Gasteiger partial charge < -0.3 is 21.3 Å². The quantitative estimate of drug-likeness (QED) is 0.523. The number of halogens is 1. The molecule has 1 saturated carbocycles. The van der Waals surface area contributed by atoms with Gasteiger partial charge in [0.05, 0.1) is 0 Å². The summed E-state index contributed by atoms with van der Waals surface area (Å²) in [5.74, 6) is 0.631. The molecule has 6 nitrogen and oxygen atoms in total. The van der Waals surface area contributed by atoms with Crippen molar-refractivity contribution in [3.63, 3.8) is 0 Å². The summed E-state index contributed by atoms with van der Waals surface area (Å²) in [5.41, 5.74) is 2.76. The predicted molar refractivity (Wildman–Crippen MR) is 120 cm³/mol. The third-order valence-corrected chi connectivity index (χ3v) is 5.71. The minimum Gasteiger partial charge on any atom is -0.338 e. The van der Waals surface area contributed by atoms with Gasteiger partial charge in [0.15, 0.2) is 0 Å². The molecule has 3 rings (SSSR count). The fraction of sp³-hybridized carbons (Fsp3) is 0.417. The standard InChI is InChI=1S/C24H31FN4O2/c1-17-3-2-4-22(13-17)29-24(31)28-16-19-7-5-18(6-8-19)14-26-23(30)27-15-20-9-11-21(25)12-10-20/h2-4,9-13,18-19H,5-8,14-16H2,1H3,(H2,26,27,30)(H2,28,29,31). The maximum Gasteiger partial charge on any atom is 0.319 e. The van der Waals surface area contributed by atoms with Crippen LogP contribution in [0.2, 0.25) is 0 Å². The minimum absolute atomic E-state index is 0.174. The van der Waals surface area contributed by atoms with Crippen molar-refractivity contribution in [2.75, 3.05) is 18.4 Å². The number of anilines is 1. The van der Waals surface area contributed by atoms with E-state index in [9.17, 15) is 14.0 Å². The van der Waals surface area contributed by atoms with E-state index in [0.717, 1.165) is 42.5 Å². The molecule has 0 aliphatic heterocycles. The summed E-state index contributed by atoms with van der Waals surface area (Å²) < 4.78 is 12.9. The van der Waals surface area contributed by atoms with Crippen LogP contribution in [0.4, 0.5) is 19.7 Å². The van der Waals surface area contributed by atoms with E-state index in [1.165, 1.54) is 12.1 Å². The molecule has 2 aromatic carbocycles. The Morgan fingerprint density at radius 3 is 2.10 bits per heavy atom. The second-order valence-electron chi connectivity index (χ2n) is 8.28. The van der Waals surface area contributed by atoms with Crippen LogP contribution in [0.3, 0.4) is 0 Å². The number of hydrogen-bond acceptors (Lipinski definition) is 2. The average molecular weight is 427 g/mol. The highest BCUT2D eigenvalue weighted by atomic mass is 19.1. The topological polar surface area (TPSA) is 82.3 Å². The van der Waals surface area contributed by atoms with Gasteiger partial charge in [-0.25, -0.2) is 14.0 Å². The van der Waals surface area contributed by atoms with E-state index in [2.05, 4.69) is 21.3 Å². The van der Waals surface area contributed by atoms with Gasteiger partial charge in [-0.15, -0.1) is 0 Å². The lowest BCUT2D eigenvalue weighted by molar-refractivity contribution is 0.227. The van der Waals surface area contributed by atoms with Crippen molar-refractivity contribution in [2.24, 2.45) is 11.8 Å². The second-order valence-corrected chi connectivity index (χ2v) is 8.28. The van der Waals surface area contributed by atoms with Gasteiger partial charge in [-0.1, -0.05) is 24.3 Å². The number of amides is 4. The van der Waals surface area contributed by atoms with Crippen LogP contribution in [-0.2, 0) is 6.54 Å². The molecule has 0 atom stereocenters. The lowest BCUT2D eigenvalue weighted by Crippen LogP contribution is -2.39. The van der Waals surface area contributed by atoms with E-state index in [-0.39, 0.29) is 17.9 Å². The first kappa shape index (κ1) is 22.6. The fourth-order valence-corrected chi connectivity index (χ4v) is 3.86. The van der Waals surface area contributed by atoms with Crippen molar-refractivity contribution in [2.45, 2.75) is 39.2 Å². The summed E-state index contributed by atoms with van der Waals surface area (Å²) in [6.45, 7) is 3.67. The highest BCUT2D eigenvalue weighted by Crippen LogP contribution is 2.28. The Hall–Kier alpha value is -3.09. The van der Waals surface area contributed by atoms with Crippen LogP contribution in [0.25, 0.3) is 0 Å². The molecule has 31 heavy (non-hydrogen) atoms. The number of aryl methyl sites for hydroxylation is 1. The summed E-state index contributed by atoms with van der Waals surface area (Å²) in [7, 11) is 0. The first-order valence-corrected chi connectivity index (χ1v) is 10.9. The first-order chi connectivity index (χ1) is 15.0. The zero-order valence-corrected chi connectivity index (χ0v) is 17.9. The van der Waals surface area contributed by atoms with E-state index in [0.29, 0.717) is 31.5 Å². The molecule has 0 saturated heterocycles. The van der Waals surface area contributed by atoms with Crippen LogP contribution in [0.5, 0.6) is 0 Å². The van der Waals surface area contributed by atoms with Crippen LogP contribution in [0.1, 0.15) is 36.8 Å². The summed E-state index contributed by atoms with van der Waals surface area (Å²) in [5, 5.41) is 11.6. The summed E-state index contributed by atoms with van der Waals surface area (Å²) in [4.78, 5) is 24.1. The summed E-state index contributed by atoms with van der Waals surface area (Å²) in [6, 6.07) is 13.4. The molecule has 1 aliphatic carbocycles. The number of carbonyl (C=O) groups is 2. The smallest absolute Gasteiger partial charge is 0.319 e. The van der Waals surface area contributed by atoms with Crippen molar-refractivity contribution < 1.29 is 14.0 Å². The summed E-state index contributed by atoms with van der Waals surface area (Å²) in [6.07, 6.45) is 4.14. The molecule has 4 N–H and O–H groups in total. The van der Waals surface area contributed by atoms with Crippen LogP contribution < -0.4 is 21.3 Å². The van der Waals surface area contributed by atoms with Crippen molar-refractivity contribution in [3.8, 4) is 0 Å². The maximum atomic E-state index is 12.9. The maximum absolute atomic E-state index is 12.9. The third kappa shape index (κ3) is 7.92. The van der Waals surface area contributed by atoms with Crippen molar-refractivity contribution in [3.05, 3.63) is 65.5 Å². The Balaban J connectivity index is 1.27. The van der Waals surface area contributed by atoms with Crippen molar-refractivity contribution >= 4 is 17.7 Å². The van der Waals surface area contributed by atoms with Gasteiger partial charge in [-0.2, -0.15) is 0 Å². The SMILES string of the molecule is Cc1cccc(NC(=O)NCC2CCC(CNC(=O)NCc3ccc(F)cc3)CC2)c1. The number of nitrogens with one attached hydrogen (secondary N) is 4. The molecule has 0 bridgehead atoms. The number of benzene rings is 2. The van der Waals surface area contributed by atoms with E-state index in [1.54, 1.807) is 12.1 Å². The summed E-state index contributed by atoms with van der Waals surface area (Å²) >= 11 is 0. The first-order valence-electron chi connectivity index (χ1n) is 10.9. The number of carbonyl (C=O) groups excluding carboxylic acids is 2. The normalized spacial score (nSPS) is 18.1. The van der Waals surface area contributed by atoms with Crippen molar-refractivity contribution in [1.29, 1.82) is 0 Å². The molecule has 4 amide bonds. The molecule has 0 unspecified atom stereocenters. The minimum atomic E-state index is -0.286. The third-order valence-electron chi connectivity index (χ3n) is 5.71. The zero-order valence-electron chi connectivity index (χ0n) is 17.9. The fourth-order valence-electron chi connectivity index (χ4n) is 3.86. The Kier molecular flexibility index (Phi) is 8.27. The van der Waals surface area contributed by atoms with Crippen LogP contribution >= 0.6 is 0 Å². The molecule has 0 heterocycles. The van der Waals surface area contributed by atoms with Gasteiger partial charge in [0.1, 0.15) is 5.82 Å². The molecule has 166 valence electrons. The van der Waals surface area contributed by atoms with Crippen LogP contribution in [-0.4, -0.2) is 25.2 Å². The zero-order chi connectivity index (χ0) is 22.1.